The summed E-state index contributed by atoms with van der Waals surface area (Å²) in [5, 5.41) is 15.4. The van der Waals surface area contributed by atoms with E-state index in [-0.39, 0.29) is 6.10 Å². The number of nitrogens with one attached hydrogen (secondary N) is 1. The standard InChI is InChI=1S/C17H22N2O2/c1-21-15-5-6-16-13(10-15)7-8-18-17(16)19-11-12-3-2-4-14(20)9-12/h5-8,10,12,14,20H,2-4,9,11H2,1H3,(H,18,19). The van der Waals surface area contributed by atoms with E-state index in [1.807, 2.05) is 30.5 Å². The Kier molecular flexibility index (Phi) is 4.25. The first-order valence-electron chi connectivity index (χ1n) is 7.61. The van der Waals surface area contributed by atoms with Crippen molar-refractivity contribution in [3.63, 3.8) is 0 Å². The van der Waals surface area contributed by atoms with Gasteiger partial charge in [0.2, 0.25) is 0 Å². The molecule has 0 spiro atoms. The van der Waals surface area contributed by atoms with E-state index in [1.54, 1.807) is 7.11 Å². The molecule has 0 bridgehead atoms. The number of anilines is 1. The summed E-state index contributed by atoms with van der Waals surface area (Å²) < 4.78 is 5.26. The molecule has 112 valence electrons. The highest BCUT2D eigenvalue weighted by Gasteiger charge is 2.20. The van der Waals surface area contributed by atoms with Gasteiger partial charge in [0.25, 0.3) is 0 Å². The van der Waals surface area contributed by atoms with Crippen molar-refractivity contribution in [2.24, 2.45) is 5.92 Å². The highest BCUT2D eigenvalue weighted by Crippen LogP contribution is 2.27. The maximum Gasteiger partial charge on any atom is 0.133 e. The molecule has 0 radical (unpaired) electrons. The Morgan fingerprint density at radius 3 is 3.05 bits per heavy atom. The molecule has 21 heavy (non-hydrogen) atoms. The van der Waals surface area contributed by atoms with Crippen molar-refractivity contribution >= 4 is 16.6 Å². The van der Waals surface area contributed by atoms with Gasteiger partial charge in [0.05, 0.1) is 13.2 Å². The third-order valence-corrected chi connectivity index (χ3v) is 4.28. The van der Waals surface area contributed by atoms with Crippen LogP contribution in [0.2, 0.25) is 0 Å². The zero-order chi connectivity index (χ0) is 14.7. The second-order valence-corrected chi connectivity index (χ2v) is 5.81. The van der Waals surface area contributed by atoms with Gasteiger partial charge in [-0.15, -0.1) is 0 Å². The van der Waals surface area contributed by atoms with Crippen LogP contribution in [0.1, 0.15) is 25.7 Å². The average molecular weight is 286 g/mol. The van der Waals surface area contributed by atoms with Crippen molar-refractivity contribution in [1.29, 1.82) is 0 Å². The minimum absolute atomic E-state index is 0.129. The molecule has 2 unspecified atom stereocenters. The molecular weight excluding hydrogens is 264 g/mol. The molecule has 1 saturated carbocycles. The van der Waals surface area contributed by atoms with Crippen molar-refractivity contribution in [2.45, 2.75) is 31.8 Å². The summed E-state index contributed by atoms with van der Waals surface area (Å²) >= 11 is 0. The summed E-state index contributed by atoms with van der Waals surface area (Å²) in [5.74, 6) is 2.30. The van der Waals surface area contributed by atoms with Gasteiger partial charge >= 0.3 is 0 Å². The number of aromatic nitrogens is 1. The molecule has 4 nitrogen and oxygen atoms in total. The number of benzene rings is 1. The lowest BCUT2D eigenvalue weighted by molar-refractivity contribution is 0.104. The van der Waals surface area contributed by atoms with Gasteiger partial charge in [-0.25, -0.2) is 4.98 Å². The Labute approximate surface area is 125 Å². The predicted molar refractivity (Wildman–Crippen MR) is 84.7 cm³/mol. The van der Waals surface area contributed by atoms with Gasteiger partial charge in [0, 0.05) is 18.1 Å². The molecule has 2 N–H and O–H groups in total. The Bertz CT molecular complexity index is 615. The van der Waals surface area contributed by atoms with Gasteiger partial charge in [0.1, 0.15) is 11.6 Å². The Morgan fingerprint density at radius 2 is 2.24 bits per heavy atom. The van der Waals surface area contributed by atoms with Crippen LogP contribution in [-0.2, 0) is 0 Å². The van der Waals surface area contributed by atoms with Crippen molar-refractivity contribution in [1.82, 2.24) is 4.98 Å². The lowest BCUT2D eigenvalue weighted by Crippen LogP contribution is -2.25. The van der Waals surface area contributed by atoms with E-state index in [4.69, 9.17) is 4.74 Å². The van der Waals surface area contributed by atoms with Gasteiger partial charge in [0.15, 0.2) is 0 Å². The molecule has 1 fully saturated rings. The second-order valence-electron chi connectivity index (χ2n) is 5.81. The smallest absolute Gasteiger partial charge is 0.133 e. The molecule has 4 heteroatoms. The van der Waals surface area contributed by atoms with Crippen molar-refractivity contribution in [3.8, 4) is 5.75 Å². The number of hydrogen-bond acceptors (Lipinski definition) is 4. The number of fused-ring (bicyclic) bond motifs is 1. The van der Waals surface area contributed by atoms with Crippen LogP contribution in [0.25, 0.3) is 10.8 Å². The zero-order valence-electron chi connectivity index (χ0n) is 12.4. The third-order valence-electron chi connectivity index (χ3n) is 4.28. The van der Waals surface area contributed by atoms with Gasteiger partial charge in [-0.2, -0.15) is 0 Å². The number of ether oxygens (including phenoxy) is 1. The number of hydrogen-bond donors (Lipinski definition) is 2. The topological polar surface area (TPSA) is 54.4 Å². The van der Waals surface area contributed by atoms with Crippen molar-refractivity contribution < 1.29 is 9.84 Å². The fraction of sp³-hybridized carbons (Fsp3) is 0.471. The minimum Gasteiger partial charge on any atom is -0.497 e. The molecule has 2 atom stereocenters. The van der Waals surface area contributed by atoms with E-state index in [0.717, 1.165) is 48.1 Å². The molecular formula is C17H22N2O2. The van der Waals surface area contributed by atoms with Crippen LogP contribution in [0.5, 0.6) is 5.75 Å². The lowest BCUT2D eigenvalue weighted by atomic mass is 9.87. The first-order chi connectivity index (χ1) is 10.3. The number of nitrogens with zero attached hydrogens (tertiary/aromatic N) is 1. The van der Waals surface area contributed by atoms with Gasteiger partial charge < -0.3 is 15.2 Å². The van der Waals surface area contributed by atoms with E-state index in [0.29, 0.717) is 5.92 Å². The molecule has 1 aromatic heterocycles. The largest absolute Gasteiger partial charge is 0.497 e. The van der Waals surface area contributed by atoms with Crippen LogP contribution in [0.3, 0.4) is 0 Å². The van der Waals surface area contributed by atoms with Crippen LogP contribution in [0.4, 0.5) is 5.82 Å². The fourth-order valence-corrected chi connectivity index (χ4v) is 3.11. The Balaban J connectivity index is 1.74. The highest BCUT2D eigenvalue weighted by atomic mass is 16.5. The summed E-state index contributed by atoms with van der Waals surface area (Å²) in [4.78, 5) is 4.45. The quantitative estimate of drug-likeness (QED) is 0.906. The zero-order valence-corrected chi connectivity index (χ0v) is 12.4. The first kappa shape index (κ1) is 14.1. The van der Waals surface area contributed by atoms with Gasteiger partial charge in [-0.1, -0.05) is 6.42 Å². The molecule has 3 rings (SSSR count). The molecule has 1 aliphatic rings. The van der Waals surface area contributed by atoms with Gasteiger partial charge in [-0.3, -0.25) is 0 Å². The molecule has 0 aliphatic heterocycles. The van der Waals surface area contributed by atoms with E-state index in [1.165, 1.54) is 6.42 Å². The van der Waals surface area contributed by atoms with Crippen LogP contribution in [0.15, 0.2) is 30.5 Å². The third kappa shape index (κ3) is 3.27. The average Bonchev–Trinajstić information content (AvgIpc) is 2.52. The van der Waals surface area contributed by atoms with E-state index >= 15 is 0 Å². The number of pyridine rings is 1. The molecule has 1 aromatic carbocycles. The minimum atomic E-state index is -0.129. The Hall–Kier alpha value is -1.81. The Morgan fingerprint density at radius 1 is 1.33 bits per heavy atom. The van der Waals surface area contributed by atoms with Crippen LogP contribution < -0.4 is 10.1 Å². The summed E-state index contributed by atoms with van der Waals surface area (Å²) in [7, 11) is 1.68. The predicted octanol–water partition coefficient (Wildman–Crippen LogP) is 3.21. The molecule has 0 saturated heterocycles. The van der Waals surface area contributed by atoms with Gasteiger partial charge in [-0.05, 0) is 54.8 Å². The lowest BCUT2D eigenvalue weighted by Gasteiger charge is -2.26. The van der Waals surface area contributed by atoms with Crippen LogP contribution >= 0.6 is 0 Å². The van der Waals surface area contributed by atoms with E-state index < -0.39 is 0 Å². The summed E-state index contributed by atoms with van der Waals surface area (Å²) in [6.07, 6.45) is 5.83. The van der Waals surface area contributed by atoms with E-state index in [9.17, 15) is 5.11 Å². The molecule has 1 heterocycles. The van der Waals surface area contributed by atoms with E-state index in [2.05, 4.69) is 10.3 Å². The SMILES string of the molecule is COc1ccc2c(NCC3CCCC(O)C3)nccc2c1. The summed E-state index contributed by atoms with van der Waals surface area (Å²) in [6.45, 7) is 0.870. The fourth-order valence-electron chi connectivity index (χ4n) is 3.11. The first-order valence-corrected chi connectivity index (χ1v) is 7.61. The number of rotatable bonds is 4. The van der Waals surface area contributed by atoms with Crippen LogP contribution in [-0.4, -0.2) is 29.8 Å². The monoisotopic (exact) mass is 286 g/mol. The second kappa shape index (κ2) is 6.31. The number of aliphatic hydroxyl groups is 1. The maximum absolute atomic E-state index is 9.75. The number of methoxy groups -OCH3 is 1. The maximum atomic E-state index is 9.75. The van der Waals surface area contributed by atoms with Crippen molar-refractivity contribution in [3.05, 3.63) is 30.5 Å². The van der Waals surface area contributed by atoms with Crippen molar-refractivity contribution in [2.75, 3.05) is 19.0 Å². The normalized spacial score (nSPS) is 22.2. The molecule has 2 aromatic rings. The van der Waals surface area contributed by atoms with Crippen LogP contribution in [0, 0.1) is 5.92 Å². The summed E-state index contributed by atoms with van der Waals surface area (Å²) in [5.41, 5.74) is 0. The molecule has 1 aliphatic carbocycles. The molecule has 0 amide bonds. The number of aliphatic hydroxyl groups excluding tert-OH is 1. The summed E-state index contributed by atoms with van der Waals surface area (Å²) in [6, 6.07) is 8.01. The highest BCUT2D eigenvalue weighted by molar-refractivity contribution is 5.92.